The lowest BCUT2D eigenvalue weighted by atomic mass is 10.2. The van der Waals surface area contributed by atoms with E-state index in [9.17, 15) is 4.79 Å². The zero-order valence-electron chi connectivity index (χ0n) is 8.29. The molecule has 1 aliphatic rings. The molecule has 0 aliphatic heterocycles. The summed E-state index contributed by atoms with van der Waals surface area (Å²) in [7, 11) is 1.91. The Morgan fingerprint density at radius 2 is 2.31 bits per heavy atom. The summed E-state index contributed by atoms with van der Waals surface area (Å²) in [5, 5.41) is 8.48. The Labute approximate surface area is 79.3 Å². The fraction of sp³-hybridized carbons (Fsp3) is 0.800. The third-order valence-corrected chi connectivity index (χ3v) is 2.58. The van der Waals surface area contributed by atoms with Crippen LogP contribution >= 0.6 is 0 Å². The van der Waals surface area contributed by atoms with Gasteiger partial charge in [-0.25, -0.2) is 0 Å². The Hall–Kier alpha value is -0.880. The van der Waals surface area contributed by atoms with Gasteiger partial charge < -0.3 is 0 Å². The zero-order chi connectivity index (χ0) is 9.84. The first kappa shape index (κ1) is 10.2. The largest absolute Gasteiger partial charge is 0.298 e. The monoisotopic (exact) mass is 180 g/mol. The third-order valence-electron chi connectivity index (χ3n) is 2.58. The number of hydrogen-bond acceptors (Lipinski definition) is 3. The van der Waals surface area contributed by atoms with E-state index in [1.165, 1.54) is 0 Å². The van der Waals surface area contributed by atoms with Crippen molar-refractivity contribution in [2.24, 2.45) is 5.92 Å². The van der Waals surface area contributed by atoms with Crippen LogP contribution in [-0.4, -0.2) is 30.3 Å². The highest BCUT2D eigenvalue weighted by atomic mass is 16.1. The number of carbonyl (C=O) groups is 1. The quantitative estimate of drug-likeness (QED) is 0.638. The Balaban J connectivity index is 2.26. The average Bonchev–Trinajstić information content (AvgIpc) is 2.86. The molecule has 1 fully saturated rings. The molecule has 1 atom stereocenters. The molecule has 0 radical (unpaired) electrons. The first-order valence-electron chi connectivity index (χ1n) is 4.75. The van der Waals surface area contributed by atoms with Crippen LogP contribution in [0.5, 0.6) is 0 Å². The molecule has 3 nitrogen and oxygen atoms in total. The van der Waals surface area contributed by atoms with Gasteiger partial charge in [0.05, 0.1) is 19.0 Å². The number of ketones is 1. The van der Waals surface area contributed by atoms with Crippen LogP contribution in [0.15, 0.2) is 0 Å². The molecular formula is C10H16N2O. The highest BCUT2D eigenvalue weighted by molar-refractivity contribution is 5.84. The van der Waals surface area contributed by atoms with Crippen LogP contribution in [-0.2, 0) is 4.79 Å². The van der Waals surface area contributed by atoms with Crippen LogP contribution in [0, 0.1) is 17.2 Å². The molecule has 0 N–H and O–H groups in total. The second kappa shape index (κ2) is 4.38. The van der Waals surface area contributed by atoms with Crippen molar-refractivity contribution in [3.63, 3.8) is 0 Å². The van der Waals surface area contributed by atoms with E-state index in [0.29, 0.717) is 24.7 Å². The summed E-state index contributed by atoms with van der Waals surface area (Å²) in [6.45, 7) is 2.48. The molecule has 0 bridgehead atoms. The molecule has 0 spiro atoms. The summed E-state index contributed by atoms with van der Waals surface area (Å²) >= 11 is 0. The zero-order valence-corrected chi connectivity index (χ0v) is 8.29. The molecule has 0 amide bonds. The van der Waals surface area contributed by atoms with Gasteiger partial charge in [0.2, 0.25) is 0 Å². The van der Waals surface area contributed by atoms with Gasteiger partial charge in [-0.2, -0.15) is 5.26 Å². The van der Waals surface area contributed by atoms with E-state index >= 15 is 0 Å². The van der Waals surface area contributed by atoms with Gasteiger partial charge in [0.1, 0.15) is 5.78 Å². The van der Waals surface area contributed by atoms with E-state index in [4.69, 9.17) is 5.26 Å². The molecule has 1 rings (SSSR count). The first-order valence-corrected chi connectivity index (χ1v) is 4.75. The number of likely N-dealkylation sites (N-methyl/N-ethyl adjacent to an activating group) is 1. The van der Waals surface area contributed by atoms with Crippen LogP contribution in [0.1, 0.15) is 26.2 Å². The summed E-state index contributed by atoms with van der Waals surface area (Å²) in [5.41, 5.74) is 0. The lowest BCUT2D eigenvalue weighted by Gasteiger charge is -2.21. The molecule has 0 saturated heterocycles. The second-order valence-corrected chi connectivity index (χ2v) is 3.87. The second-order valence-electron chi connectivity index (χ2n) is 3.87. The lowest BCUT2D eigenvalue weighted by Crippen LogP contribution is -2.34. The van der Waals surface area contributed by atoms with Gasteiger partial charge in [0.25, 0.3) is 0 Å². The van der Waals surface area contributed by atoms with E-state index in [1.54, 1.807) is 0 Å². The van der Waals surface area contributed by atoms with Crippen molar-refractivity contribution < 1.29 is 4.79 Å². The predicted octanol–water partition coefficient (Wildman–Crippen LogP) is 1.20. The lowest BCUT2D eigenvalue weighted by molar-refractivity contribution is -0.121. The highest BCUT2D eigenvalue weighted by Gasteiger charge is 2.30. The molecule has 72 valence electrons. The van der Waals surface area contributed by atoms with Crippen LogP contribution in [0.4, 0.5) is 0 Å². The predicted molar refractivity (Wildman–Crippen MR) is 50.1 cm³/mol. The molecule has 0 aromatic heterocycles. The third kappa shape index (κ3) is 3.16. The molecule has 0 heterocycles. The SMILES string of the molecule is CC(CC#N)N(C)CC(=O)C1CC1. The van der Waals surface area contributed by atoms with E-state index in [-0.39, 0.29) is 6.04 Å². The van der Waals surface area contributed by atoms with Gasteiger partial charge in [-0.3, -0.25) is 9.69 Å². The molecular weight excluding hydrogens is 164 g/mol. The van der Waals surface area contributed by atoms with Gasteiger partial charge in [0.15, 0.2) is 0 Å². The molecule has 1 unspecified atom stereocenters. The van der Waals surface area contributed by atoms with E-state index < -0.39 is 0 Å². The molecule has 0 aromatic rings. The summed E-state index contributed by atoms with van der Waals surface area (Å²) in [5.74, 6) is 0.670. The Kier molecular flexibility index (Phi) is 3.44. The van der Waals surface area contributed by atoms with E-state index in [2.05, 4.69) is 6.07 Å². The van der Waals surface area contributed by atoms with E-state index in [1.807, 2.05) is 18.9 Å². The van der Waals surface area contributed by atoms with Crippen LogP contribution in [0.2, 0.25) is 0 Å². The molecule has 3 heteroatoms. The number of hydrogen-bond donors (Lipinski definition) is 0. The average molecular weight is 180 g/mol. The van der Waals surface area contributed by atoms with Crippen molar-refractivity contribution in [1.29, 1.82) is 5.26 Å². The van der Waals surface area contributed by atoms with Crippen LogP contribution in [0.3, 0.4) is 0 Å². The number of Topliss-reactive ketones (excluding diaryl/α,β-unsaturated/α-hetero) is 1. The number of rotatable bonds is 5. The summed E-state index contributed by atoms with van der Waals surface area (Å²) in [6, 6.07) is 2.30. The van der Waals surface area contributed by atoms with Crippen molar-refractivity contribution in [2.75, 3.05) is 13.6 Å². The Morgan fingerprint density at radius 1 is 1.69 bits per heavy atom. The minimum atomic E-state index is 0.188. The number of nitriles is 1. The topological polar surface area (TPSA) is 44.1 Å². The minimum Gasteiger partial charge on any atom is -0.298 e. The first-order chi connectivity index (χ1) is 6.15. The maximum absolute atomic E-state index is 11.4. The summed E-state index contributed by atoms with van der Waals surface area (Å²) < 4.78 is 0. The van der Waals surface area contributed by atoms with Crippen LogP contribution in [0.25, 0.3) is 0 Å². The Bertz CT molecular complexity index is 228. The van der Waals surface area contributed by atoms with Gasteiger partial charge in [0, 0.05) is 12.0 Å². The highest BCUT2D eigenvalue weighted by Crippen LogP contribution is 2.29. The van der Waals surface area contributed by atoms with Gasteiger partial charge in [-0.1, -0.05) is 0 Å². The maximum atomic E-state index is 11.4. The maximum Gasteiger partial charge on any atom is 0.149 e. The van der Waals surface area contributed by atoms with Crippen molar-refractivity contribution in [2.45, 2.75) is 32.2 Å². The van der Waals surface area contributed by atoms with Crippen molar-refractivity contribution >= 4 is 5.78 Å². The normalized spacial score (nSPS) is 18.3. The van der Waals surface area contributed by atoms with Gasteiger partial charge >= 0.3 is 0 Å². The van der Waals surface area contributed by atoms with Crippen molar-refractivity contribution in [1.82, 2.24) is 4.90 Å². The van der Waals surface area contributed by atoms with E-state index in [0.717, 1.165) is 12.8 Å². The summed E-state index contributed by atoms with van der Waals surface area (Å²) in [4.78, 5) is 13.4. The molecule has 0 aromatic carbocycles. The minimum absolute atomic E-state index is 0.188. The number of carbonyl (C=O) groups excluding carboxylic acids is 1. The van der Waals surface area contributed by atoms with Crippen LogP contribution < -0.4 is 0 Å². The number of nitrogens with zero attached hydrogens (tertiary/aromatic N) is 2. The van der Waals surface area contributed by atoms with Crippen molar-refractivity contribution in [3.05, 3.63) is 0 Å². The van der Waals surface area contributed by atoms with Gasteiger partial charge in [-0.15, -0.1) is 0 Å². The smallest absolute Gasteiger partial charge is 0.149 e. The standard InChI is InChI=1S/C10H16N2O/c1-8(5-6-11)12(2)7-10(13)9-3-4-9/h8-9H,3-5,7H2,1-2H3. The fourth-order valence-corrected chi connectivity index (χ4v) is 1.22. The summed E-state index contributed by atoms with van der Waals surface area (Å²) in [6.07, 6.45) is 2.63. The molecule has 13 heavy (non-hydrogen) atoms. The molecule has 1 aliphatic carbocycles. The Morgan fingerprint density at radius 3 is 2.77 bits per heavy atom. The fourth-order valence-electron chi connectivity index (χ4n) is 1.22. The molecule has 1 saturated carbocycles. The van der Waals surface area contributed by atoms with Crippen molar-refractivity contribution in [3.8, 4) is 6.07 Å². The van der Waals surface area contributed by atoms with Gasteiger partial charge in [-0.05, 0) is 26.8 Å².